The number of ketones is 1. The minimum atomic E-state index is -0.164. The fourth-order valence-corrected chi connectivity index (χ4v) is 9.58. The SMILES string of the molecule is CC(=O)NC[C@H](C)CC1=C2C[C@H]3[C@H]4CC=C5C[C@@H](OC(C)=O)CC[C@]5(C)[C@@H]4CC[C@]3(C)[C@@H]2[C@@H](C)C1=O. The molecule has 5 nitrogen and oxygen atoms in total. The first kappa shape index (κ1) is 25.7. The maximum absolute atomic E-state index is 13.4. The van der Waals surface area contributed by atoms with Crippen molar-refractivity contribution in [2.75, 3.05) is 6.54 Å². The number of Topliss-reactive ketones (excluding diaryl/α,β-unsaturated/α-hetero) is 1. The lowest BCUT2D eigenvalue weighted by atomic mass is 9.47. The summed E-state index contributed by atoms with van der Waals surface area (Å²) >= 11 is 0. The van der Waals surface area contributed by atoms with Gasteiger partial charge in [-0.1, -0.05) is 44.9 Å². The van der Waals surface area contributed by atoms with E-state index in [0.717, 1.165) is 44.1 Å². The number of carbonyl (C=O) groups is 3. The van der Waals surface area contributed by atoms with Crippen LogP contribution in [0, 0.1) is 46.3 Å². The molecule has 1 N–H and O–H groups in total. The molecule has 0 radical (unpaired) electrons. The lowest BCUT2D eigenvalue weighted by Gasteiger charge is -2.58. The summed E-state index contributed by atoms with van der Waals surface area (Å²) < 4.78 is 5.61. The second-order valence-corrected chi connectivity index (χ2v) is 13.4. The smallest absolute Gasteiger partial charge is 0.302 e. The predicted octanol–water partition coefficient (Wildman–Crippen LogP) is 5.78. The Kier molecular flexibility index (Phi) is 6.53. The summed E-state index contributed by atoms with van der Waals surface area (Å²) in [5.41, 5.74) is 4.50. The maximum Gasteiger partial charge on any atom is 0.302 e. The highest BCUT2D eigenvalue weighted by Gasteiger charge is 2.63. The molecule has 0 heterocycles. The first-order valence-corrected chi connectivity index (χ1v) is 14.3. The first-order valence-electron chi connectivity index (χ1n) is 14.3. The van der Waals surface area contributed by atoms with Crippen LogP contribution in [-0.4, -0.2) is 30.3 Å². The van der Waals surface area contributed by atoms with Crippen LogP contribution >= 0.6 is 0 Å². The van der Waals surface area contributed by atoms with Crippen molar-refractivity contribution in [1.29, 1.82) is 0 Å². The van der Waals surface area contributed by atoms with E-state index in [1.807, 2.05) is 0 Å². The van der Waals surface area contributed by atoms with Crippen LogP contribution in [0.15, 0.2) is 22.8 Å². The van der Waals surface area contributed by atoms with Crippen LogP contribution in [0.2, 0.25) is 0 Å². The number of hydrogen-bond donors (Lipinski definition) is 1. The molecule has 3 saturated carbocycles. The summed E-state index contributed by atoms with van der Waals surface area (Å²) in [7, 11) is 0. The van der Waals surface area contributed by atoms with E-state index in [4.69, 9.17) is 4.74 Å². The summed E-state index contributed by atoms with van der Waals surface area (Å²) in [5.74, 6) is 2.91. The highest BCUT2D eigenvalue weighted by Crippen LogP contribution is 2.70. The van der Waals surface area contributed by atoms with Crippen molar-refractivity contribution in [2.45, 2.75) is 99.0 Å². The Hall–Kier alpha value is -1.91. The van der Waals surface area contributed by atoms with Crippen LogP contribution in [0.4, 0.5) is 0 Å². The first-order chi connectivity index (χ1) is 17.0. The quantitative estimate of drug-likeness (QED) is 0.387. The van der Waals surface area contributed by atoms with Crippen LogP contribution in [0.5, 0.6) is 0 Å². The van der Waals surface area contributed by atoms with Crippen molar-refractivity contribution in [2.24, 2.45) is 46.3 Å². The van der Waals surface area contributed by atoms with Gasteiger partial charge in [-0.25, -0.2) is 0 Å². The third-order valence-electron chi connectivity index (χ3n) is 11.2. The molecule has 5 aliphatic carbocycles. The fourth-order valence-electron chi connectivity index (χ4n) is 9.58. The Morgan fingerprint density at radius 2 is 1.89 bits per heavy atom. The Bertz CT molecular complexity index is 1030. The molecule has 1 amide bonds. The highest BCUT2D eigenvalue weighted by atomic mass is 16.5. The molecule has 0 spiro atoms. The van der Waals surface area contributed by atoms with E-state index < -0.39 is 0 Å². The van der Waals surface area contributed by atoms with Crippen LogP contribution < -0.4 is 5.32 Å². The Morgan fingerprint density at radius 3 is 2.58 bits per heavy atom. The Morgan fingerprint density at radius 1 is 1.14 bits per heavy atom. The molecule has 5 rings (SSSR count). The van der Waals surface area contributed by atoms with E-state index in [0.29, 0.717) is 36.0 Å². The summed E-state index contributed by atoms with van der Waals surface area (Å²) in [5, 5.41) is 2.94. The molecule has 0 aliphatic heterocycles. The van der Waals surface area contributed by atoms with Crippen LogP contribution in [0.25, 0.3) is 0 Å². The van der Waals surface area contributed by atoms with Gasteiger partial charge in [0.25, 0.3) is 0 Å². The molecule has 0 saturated heterocycles. The van der Waals surface area contributed by atoms with Crippen molar-refractivity contribution in [3.63, 3.8) is 0 Å². The van der Waals surface area contributed by atoms with Gasteiger partial charge in [-0.3, -0.25) is 14.4 Å². The van der Waals surface area contributed by atoms with Gasteiger partial charge in [-0.05, 0) is 90.9 Å². The molecule has 3 fully saturated rings. The van der Waals surface area contributed by atoms with Crippen molar-refractivity contribution >= 4 is 17.7 Å². The normalized spacial score (nSPS) is 42.1. The average Bonchev–Trinajstić information content (AvgIpc) is 3.24. The zero-order valence-electron chi connectivity index (χ0n) is 23.1. The number of amides is 1. The number of hydrogen-bond acceptors (Lipinski definition) is 4. The van der Waals surface area contributed by atoms with Gasteiger partial charge in [-0.15, -0.1) is 0 Å². The summed E-state index contributed by atoms with van der Waals surface area (Å²) in [4.78, 5) is 36.4. The lowest BCUT2D eigenvalue weighted by Crippen LogP contribution is -2.51. The molecular weight excluding hydrogens is 450 g/mol. The number of fused-ring (bicyclic) bond motifs is 7. The maximum atomic E-state index is 13.4. The minimum Gasteiger partial charge on any atom is -0.462 e. The molecule has 0 aromatic rings. The highest BCUT2D eigenvalue weighted by molar-refractivity contribution is 6.01. The minimum absolute atomic E-state index is 0.00552. The van der Waals surface area contributed by atoms with Gasteiger partial charge >= 0.3 is 5.97 Å². The standard InChI is InChI=1S/C31H45NO4/c1-17(16-32-19(3)33)13-25-24-15-27-23-8-7-21-14-22(36-20(4)34)9-11-30(21,5)26(23)10-12-31(27,6)28(24)18(2)29(25)35/h7,17-18,22-23,26-28H,8-16H2,1-6H3,(H,32,33)/t17-,18-,22+,23+,26-,27+,28-,30+,31+/m1/s1. The zero-order chi connectivity index (χ0) is 26.0. The third-order valence-corrected chi connectivity index (χ3v) is 11.2. The summed E-state index contributed by atoms with van der Waals surface area (Å²) in [6.07, 6.45) is 11.0. The van der Waals surface area contributed by atoms with E-state index >= 15 is 0 Å². The summed E-state index contributed by atoms with van der Waals surface area (Å²) in [6, 6.07) is 0. The van der Waals surface area contributed by atoms with Gasteiger partial charge in [-0.2, -0.15) is 0 Å². The van der Waals surface area contributed by atoms with Gasteiger partial charge in [0.1, 0.15) is 6.10 Å². The van der Waals surface area contributed by atoms with Crippen molar-refractivity contribution in [3.05, 3.63) is 22.8 Å². The molecule has 0 aromatic heterocycles. The molecule has 0 unspecified atom stereocenters. The number of carbonyl (C=O) groups excluding carboxylic acids is 3. The molecule has 0 aromatic carbocycles. The number of ether oxygens (including phenoxy) is 1. The van der Waals surface area contributed by atoms with E-state index in [1.165, 1.54) is 30.9 Å². The summed E-state index contributed by atoms with van der Waals surface area (Å²) in [6.45, 7) is 13.0. The van der Waals surface area contributed by atoms with E-state index in [9.17, 15) is 14.4 Å². The fraction of sp³-hybridized carbons (Fsp3) is 0.774. The molecule has 9 atom stereocenters. The average molecular weight is 496 g/mol. The van der Waals surface area contributed by atoms with Crippen LogP contribution in [0.1, 0.15) is 92.9 Å². The molecular formula is C31H45NO4. The van der Waals surface area contributed by atoms with Crippen LogP contribution in [0.3, 0.4) is 0 Å². The van der Waals surface area contributed by atoms with E-state index in [2.05, 4.69) is 39.1 Å². The van der Waals surface area contributed by atoms with Crippen molar-refractivity contribution in [1.82, 2.24) is 5.32 Å². The van der Waals surface area contributed by atoms with Crippen molar-refractivity contribution in [3.8, 4) is 0 Å². The Balaban J connectivity index is 1.40. The molecule has 198 valence electrons. The second kappa shape index (κ2) is 9.13. The lowest BCUT2D eigenvalue weighted by molar-refractivity contribution is -0.148. The largest absolute Gasteiger partial charge is 0.462 e. The molecule has 36 heavy (non-hydrogen) atoms. The number of nitrogens with one attached hydrogen (secondary N) is 1. The predicted molar refractivity (Wildman–Crippen MR) is 140 cm³/mol. The van der Waals surface area contributed by atoms with Gasteiger partial charge in [0, 0.05) is 32.7 Å². The van der Waals surface area contributed by atoms with E-state index in [1.54, 1.807) is 6.92 Å². The van der Waals surface area contributed by atoms with E-state index in [-0.39, 0.29) is 40.6 Å². The second-order valence-electron chi connectivity index (χ2n) is 13.4. The molecule has 5 heteroatoms. The third kappa shape index (κ3) is 4.00. The Labute approximate surface area is 216 Å². The van der Waals surface area contributed by atoms with Gasteiger partial charge in [0.2, 0.25) is 5.91 Å². The zero-order valence-corrected chi connectivity index (χ0v) is 23.1. The van der Waals surface area contributed by atoms with Gasteiger partial charge < -0.3 is 10.1 Å². The van der Waals surface area contributed by atoms with Gasteiger partial charge in [0.05, 0.1) is 0 Å². The number of rotatable bonds is 5. The molecule has 5 aliphatic rings. The number of esters is 1. The molecule has 0 bridgehead atoms. The number of allylic oxidation sites excluding steroid dienone is 3. The van der Waals surface area contributed by atoms with Gasteiger partial charge in [0.15, 0.2) is 5.78 Å². The van der Waals surface area contributed by atoms with Crippen LogP contribution in [-0.2, 0) is 19.1 Å². The topological polar surface area (TPSA) is 72.5 Å². The van der Waals surface area contributed by atoms with Crippen molar-refractivity contribution < 1.29 is 19.1 Å². The monoisotopic (exact) mass is 495 g/mol.